The van der Waals surface area contributed by atoms with E-state index >= 15 is 0 Å². The van der Waals surface area contributed by atoms with Crippen LogP contribution in [0.15, 0.2) is 60.7 Å². The number of carbonyl (C=O) groups is 1. The molecule has 0 aliphatic heterocycles. The summed E-state index contributed by atoms with van der Waals surface area (Å²) in [5.74, 6) is 0.280. The van der Waals surface area contributed by atoms with Crippen molar-refractivity contribution in [1.29, 1.82) is 0 Å². The first-order valence-electron chi connectivity index (χ1n) is 7.88. The van der Waals surface area contributed by atoms with Gasteiger partial charge in [-0.2, -0.15) is 0 Å². The molecule has 0 atom stereocenters. The molecule has 108 valence electrons. The lowest BCUT2D eigenvalue weighted by molar-refractivity contribution is -0.115. The first kappa shape index (κ1) is 14.3. The lowest BCUT2D eigenvalue weighted by Crippen LogP contribution is -2.63. The fourth-order valence-electron chi connectivity index (χ4n) is 3.59. The van der Waals surface area contributed by atoms with E-state index < -0.39 is 8.07 Å². The van der Waals surface area contributed by atoms with Gasteiger partial charge in [-0.15, -0.1) is 0 Å². The summed E-state index contributed by atoms with van der Waals surface area (Å²) in [5.41, 5.74) is 0. The first-order chi connectivity index (χ1) is 10.2. The summed E-state index contributed by atoms with van der Waals surface area (Å²) in [7, 11) is -2.31. The average Bonchev–Trinajstić information content (AvgIpc) is 3.09. The molecule has 0 bridgehead atoms. The molecule has 0 spiro atoms. The predicted molar refractivity (Wildman–Crippen MR) is 90.7 cm³/mol. The Morgan fingerprint density at radius 3 is 1.71 bits per heavy atom. The Hall–Kier alpha value is -1.67. The Labute approximate surface area is 128 Å². The van der Waals surface area contributed by atoms with Crippen molar-refractivity contribution in [3.63, 3.8) is 0 Å². The van der Waals surface area contributed by atoms with E-state index in [1.165, 1.54) is 23.2 Å². The Morgan fingerprint density at radius 1 is 0.857 bits per heavy atom. The van der Waals surface area contributed by atoms with Crippen LogP contribution in [-0.4, -0.2) is 13.5 Å². The fraction of sp³-hybridized carbons (Fsp3) is 0.316. The number of hydrogen-bond donors (Lipinski definition) is 0. The molecule has 1 saturated carbocycles. The van der Waals surface area contributed by atoms with Crippen LogP contribution in [0.25, 0.3) is 0 Å². The van der Waals surface area contributed by atoms with Crippen LogP contribution in [0, 0.1) is 5.92 Å². The standard InChI is InChI=1S/C19H22OSi/c1-21(17-12-4-2-5-13-17,18-14-6-3-7-15-18)19(20)16-10-8-9-11-16/h2-7,12-16H,8-11H2,1H3. The summed E-state index contributed by atoms with van der Waals surface area (Å²) >= 11 is 0. The molecule has 21 heavy (non-hydrogen) atoms. The number of hydrogen-bond acceptors (Lipinski definition) is 1. The van der Waals surface area contributed by atoms with Gasteiger partial charge < -0.3 is 4.79 Å². The van der Waals surface area contributed by atoms with Crippen molar-refractivity contribution in [2.45, 2.75) is 32.2 Å². The van der Waals surface area contributed by atoms with Gasteiger partial charge in [0.2, 0.25) is 0 Å². The second-order valence-corrected chi connectivity index (χ2v) is 10.1. The maximum absolute atomic E-state index is 13.3. The molecule has 0 saturated heterocycles. The minimum Gasteiger partial charge on any atom is -0.304 e. The average molecular weight is 294 g/mol. The molecule has 2 aromatic carbocycles. The van der Waals surface area contributed by atoms with Crippen LogP contribution >= 0.6 is 0 Å². The Bertz CT molecular complexity index is 560. The third kappa shape index (κ3) is 2.60. The molecule has 1 nitrogen and oxygen atoms in total. The highest BCUT2D eigenvalue weighted by atomic mass is 28.3. The molecule has 2 aromatic rings. The van der Waals surface area contributed by atoms with Gasteiger partial charge in [0.15, 0.2) is 8.07 Å². The van der Waals surface area contributed by atoms with Crippen molar-refractivity contribution in [1.82, 2.24) is 0 Å². The van der Waals surface area contributed by atoms with E-state index in [-0.39, 0.29) is 5.92 Å². The Morgan fingerprint density at radius 2 is 1.29 bits per heavy atom. The minimum absolute atomic E-state index is 0.280. The quantitative estimate of drug-likeness (QED) is 0.792. The molecule has 1 fully saturated rings. The highest BCUT2D eigenvalue weighted by Crippen LogP contribution is 2.28. The summed E-state index contributed by atoms with van der Waals surface area (Å²) in [6.07, 6.45) is 4.59. The largest absolute Gasteiger partial charge is 0.304 e. The summed E-state index contributed by atoms with van der Waals surface area (Å²) < 4.78 is 0. The maximum Gasteiger partial charge on any atom is 0.190 e. The molecule has 1 aliphatic carbocycles. The minimum atomic E-state index is -2.31. The zero-order valence-electron chi connectivity index (χ0n) is 12.6. The van der Waals surface area contributed by atoms with Crippen LogP contribution in [0.1, 0.15) is 25.7 Å². The van der Waals surface area contributed by atoms with E-state index in [0.29, 0.717) is 5.41 Å². The van der Waals surface area contributed by atoms with Crippen LogP contribution in [0.4, 0.5) is 0 Å². The predicted octanol–water partition coefficient (Wildman–Crippen LogP) is 3.18. The zero-order chi connectivity index (χ0) is 14.7. The normalized spacial score (nSPS) is 16.0. The molecule has 2 heteroatoms. The molecule has 0 aromatic heterocycles. The van der Waals surface area contributed by atoms with E-state index in [9.17, 15) is 4.79 Å². The van der Waals surface area contributed by atoms with Crippen molar-refractivity contribution in [3.8, 4) is 0 Å². The van der Waals surface area contributed by atoms with Gasteiger partial charge in [0.25, 0.3) is 0 Å². The van der Waals surface area contributed by atoms with Crippen molar-refractivity contribution < 1.29 is 4.79 Å². The summed E-state index contributed by atoms with van der Waals surface area (Å²) in [6, 6.07) is 20.9. The second-order valence-electron chi connectivity index (χ2n) is 6.20. The van der Waals surface area contributed by atoms with E-state index in [1.54, 1.807) is 0 Å². The topological polar surface area (TPSA) is 17.1 Å². The Kier molecular flexibility index (Phi) is 4.07. The number of rotatable bonds is 4. The molecule has 0 amide bonds. The van der Waals surface area contributed by atoms with Crippen molar-refractivity contribution in [3.05, 3.63) is 60.7 Å². The monoisotopic (exact) mass is 294 g/mol. The van der Waals surface area contributed by atoms with Gasteiger partial charge in [0, 0.05) is 5.92 Å². The first-order valence-corrected chi connectivity index (χ1v) is 10.4. The molecular weight excluding hydrogens is 272 g/mol. The molecule has 0 N–H and O–H groups in total. The van der Waals surface area contributed by atoms with E-state index in [0.717, 1.165) is 12.8 Å². The van der Waals surface area contributed by atoms with Crippen LogP contribution in [-0.2, 0) is 4.79 Å². The van der Waals surface area contributed by atoms with Crippen LogP contribution in [0.3, 0.4) is 0 Å². The van der Waals surface area contributed by atoms with E-state index in [4.69, 9.17) is 0 Å². The molecule has 1 aliphatic rings. The van der Waals surface area contributed by atoms with Crippen LogP contribution < -0.4 is 10.4 Å². The third-order valence-electron chi connectivity index (χ3n) is 4.92. The fourth-order valence-corrected chi connectivity index (χ4v) is 7.32. The highest BCUT2D eigenvalue weighted by Gasteiger charge is 2.43. The number of benzene rings is 2. The third-order valence-corrected chi connectivity index (χ3v) is 9.29. The smallest absolute Gasteiger partial charge is 0.190 e. The molecule has 3 rings (SSSR count). The Balaban J connectivity index is 2.08. The van der Waals surface area contributed by atoms with Crippen molar-refractivity contribution in [2.75, 3.05) is 0 Å². The lowest BCUT2D eigenvalue weighted by atomic mass is 10.1. The highest BCUT2D eigenvalue weighted by molar-refractivity contribution is 7.22. The van der Waals surface area contributed by atoms with Gasteiger partial charge in [-0.25, -0.2) is 0 Å². The van der Waals surface area contributed by atoms with Gasteiger partial charge in [0.05, 0.1) is 0 Å². The molecular formula is C19H22OSi. The van der Waals surface area contributed by atoms with Crippen LogP contribution in [0.2, 0.25) is 6.55 Å². The summed E-state index contributed by atoms with van der Waals surface area (Å²) in [6.45, 7) is 2.23. The van der Waals surface area contributed by atoms with Gasteiger partial charge in [-0.05, 0) is 23.2 Å². The van der Waals surface area contributed by atoms with Gasteiger partial charge in [-0.3, -0.25) is 0 Å². The molecule has 0 unspecified atom stereocenters. The maximum atomic E-state index is 13.3. The van der Waals surface area contributed by atoms with Crippen molar-refractivity contribution in [2.24, 2.45) is 5.92 Å². The van der Waals surface area contributed by atoms with Gasteiger partial charge in [-0.1, -0.05) is 80.1 Å². The molecule has 0 heterocycles. The van der Waals surface area contributed by atoms with Gasteiger partial charge in [0.1, 0.15) is 5.41 Å². The van der Waals surface area contributed by atoms with E-state index in [1.807, 2.05) is 12.1 Å². The summed E-state index contributed by atoms with van der Waals surface area (Å²) in [5, 5.41) is 3.01. The van der Waals surface area contributed by atoms with Gasteiger partial charge >= 0.3 is 0 Å². The SMILES string of the molecule is C[Si](C(=O)C1CCCC1)(c1ccccc1)c1ccccc1. The van der Waals surface area contributed by atoms with Crippen molar-refractivity contribution >= 4 is 23.9 Å². The van der Waals surface area contributed by atoms with E-state index in [2.05, 4.69) is 55.1 Å². The second kappa shape index (κ2) is 5.98. The zero-order valence-corrected chi connectivity index (χ0v) is 13.6. The summed E-state index contributed by atoms with van der Waals surface area (Å²) in [4.78, 5) is 13.3. The molecule has 0 radical (unpaired) electrons. The lowest BCUT2D eigenvalue weighted by Gasteiger charge is -2.29. The number of carbonyl (C=O) groups excluding carboxylic acids is 1. The van der Waals surface area contributed by atoms with Crippen LogP contribution in [0.5, 0.6) is 0 Å².